The Morgan fingerprint density at radius 2 is 1.96 bits per heavy atom. The molecule has 2 atom stereocenters. The van der Waals surface area contributed by atoms with Gasteiger partial charge in [0, 0.05) is 12.5 Å². The Hall–Kier alpha value is -1.82. The Kier molecular flexibility index (Phi) is 7.50. The monoisotopic (exact) mass is 349 g/mol. The highest BCUT2D eigenvalue weighted by molar-refractivity contribution is 5.88. The number of hydrogen-bond acceptors (Lipinski definition) is 4. The van der Waals surface area contributed by atoms with Gasteiger partial charge in [0.05, 0.1) is 12.3 Å². The first-order valence-electron chi connectivity index (χ1n) is 9.42. The maximum Gasteiger partial charge on any atom is 0.242 e. The first kappa shape index (κ1) is 19.5. The van der Waals surface area contributed by atoms with Crippen molar-refractivity contribution in [1.29, 1.82) is 0 Å². The van der Waals surface area contributed by atoms with Crippen LogP contribution in [0.1, 0.15) is 58.3 Å². The summed E-state index contributed by atoms with van der Waals surface area (Å²) in [6, 6.07) is 3.26. The molecule has 1 aromatic rings. The van der Waals surface area contributed by atoms with Crippen LogP contribution in [-0.4, -0.2) is 42.4 Å². The quantitative estimate of drug-likeness (QED) is 0.718. The molecule has 0 bridgehead atoms. The van der Waals surface area contributed by atoms with Gasteiger partial charge >= 0.3 is 0 Å². The zero-order valence-electron chi connectivity index (χ0n) is 15.6. The molecule has 0 unspecified atom stereocenters. The SMILES string of the molecule is CCN(CC)[C@@H](CNC(=O)[C@H](C)NC(=O)C1CCCC1)c1ccco1. The molecule has 0 saturated heterocycles. The van der Waals surface area contributed by atoms with Crippen molar-refractivity contribution in [3.8, 4) is 0 Å². The lowest BCUT2D eigenvalue weighted by Crippen LogP contribution is -2.48. The van der Waals surface area contributed by atoms with Crippen molar-refractivity contribution < 1.29 is 14.0 Å². The van der Waals surface area contributed by atoms with E-state index in [-0.39, 0.29) is 23.8 Å². The van der Waals surface area contributed by atoms with E-state index in [2.05, 4.69) is 29.4 Å². The lowest BCUT2D eigenvalue weighted by molar-refractivity contribution is -0.130. The standard InChI is InChI=1S/C19H31N3O3/c1-4-22(5-2)16(17-11-8-12-25-17)13-20-18(23)14(3)21-19(24)15-9-6-7-10-15/h8,11-12,14-16H,4-7,9-10,13H2,1-3H3,(H,20,23)(H,21,24)/t14-,16-/m0/s1. The first-order valence-corrected chi connectivity index (χ1v) is 9.42. The minimum absolute atomic E-state index is 0.00600. The number of furan rings is 1. The largest absolute Gasteiger partial charge is 0.468 e. The molecule has 1 aliphatic rings. The Balaban J connectivity index is 1.88. The van der Waals surface area contributed by atoms with Gasteiger partial charge in [-0.1, -0.05) is 26.7 Å². The highest BCUT2D eigenvalue weighted by Gasteiger charge is 2.26. The minimum atomic E-state index is -0.526. The molecule has 1 saturated carbocycles. The normalized spacial score (nSPS) is 17.4. The van der Waals surface area contributed by atoms with E-state index < -0.39 is 6.04 Å². The molecule has 1 aromatic heterocycles. The number of rotatable bonds is 9. The van der Waals surface area contributed by atoms with Gasteiger partial charge in [-0.25, -0.2) is 0 Å². The van der Waals surface area contributed by atoms with Gasteiger partial charge in [-0.3, -0.25) is 14.5 Å². The average molecular weight is 349 g/mol. The maximum absolute atomic E-state index is 12.4. The van der Waals surface area contributed by atoms with Crippen LogP contribution in [0.15, 0.2) is 22.8 Å². The third-order valence-corrected chi connectivity index (χ3v) is 5.07. The van der Waals surface area contributed by atoms with Gasteiger partial charge in [0.25, 0.3) is 0 Å². The number of nitrogens with one attached hydrogen (secondary N) is 2. The lowest BCUT2D eigenvalue weighted by atomic mass is 10.1. The second-order valence-corrected chi connectivity index (χ2v) is 6.71. The fraction of sp³-hybridized carbons (Fsp3) is 0.684. The minimum Gasteiger partial charge on any atom is -0.468 e. The van der Waals surface area contributed by atoms with Crippen LogP contribution in [0.2, 0.25) is 0 Å². The summed E-state index contributed by atoms with van der Waals surface area (Å²) < 4.78 is 5.54. The highest BCUT2D eigenvalue weighted by Crippen LogP contribution is 2.24. The van der Waals surface area contributed by atoms with Crippen LogP contribution in [-0.2, 0) is 9.59 Å². The Morgan fingerprint density at radius 1 is 1.28 bits per heavy atom. The predicted octanol–water partition coefficient (Wildman–Crippen LogP) is 2.47. The van der Waals surface area contributed by atoms with Crippen molar-refractivity contribution in [1.82, 2.24) is 15.5 Å². The topological polar surface area (TPSA) is 74.6 Å². The summed E-state index contributed by atoms with van der Waals surface area (Å²) in [6.07, 6.45) is 5.73. The van der Waals surface area contributed by atoms with Crippen LogP contribution in [0, 0.1) is 5.92 Å². The van der Waals surface area contributed by atoms with Crippen molar-refractivity contribution in [2.24, 2.45) is 5.92 Å². The van der Waals surface area contributed by atoms with Crippen LogP contribution in [0.25, 0.3) is 0 Å². The van der Waals surface area contributed by atoms with E-state index in [1.807, 2.05) is 12.1 Å². The molecule has 1 heterocycles. The Bertz CT molecular complexity index is 534. The molecule has 0 spiro atoms. The van der Waals surface area contributed by atoms with Gasteiger partial charge < -0.3 is 15.1 Å². The van der Waals surface area contributed by atoms with Crippen molar-refractivity contribution in [2.75, 3.05) is 19.6 Å². The lowest BCUT2D eigenvalue weighted by Gasteiger charge is -2.28. The van der Waals surface area contributed by atoms with E-state index in [1.54, 1.807) is 13.2 Å². The first-order chi connectivity index (χ1) is 12.1. The number of nitrogens with zero attached hydrogens (tertiary/aromatic N) is 1. The van der Waals surface area contributed by atoms with Crippen LogP contribution in [0.3, 0.4) is 0 Å². The Morgan fingerprint density at radius 3 is 2.52 bits per heavy atom. The summed E-state index contributed by atoms with van der Waals surface area (Å²) in [5.74, 6) is 0.759. The molecule has 25 heavy (non-hydrogen) atoms. The summed E-state index contributed by atoms with van der Waals surface area (Å²) in [4.78, 5) is 26.8. The highest BCUT2D eigenvalue weighted by atomic mass is 16.3. The molecule has 0 aromatic carbocycles. The molecule has 0 radical (unpaired) electrons. The smallest absolute Gasteiger partial charge is 0.242 e. The van der Waals surface area contributed by atoms with E-state index >= 15 is 0 Å². The van der Waals surface area contributed by atoms with Gasteiger partial charge in [-0.15, -0.1) is 0 Å². The summed E-state index contributed by atoms with van der Waals surface area (Å²) >= 11 is 0. The molecular formula is C19H31N3O3. The van der Waals surface area contributed by atoms with Crippen molar-refractivity contribution in [3.05, 3.63) is 24.2 Å². The fourth-order valence-corrected chi connectivity index (χ4v) is 3.49. The second kappa shape index (κ2) is 9.61. The van der Waals surface area contributed by atoms with Crippen molar-refractivity contribution in [2.45, 2.75) is 58.5 Å². The van der Waals surface area contributed by atoms with Gasteiger partial charge in [-0.05, 0) is 45.0 Å². The van der Waals surface area contributed by atoms with Crippen LogP contribution in [0.5, 0.6) is 0 Å². The molecule has 0 aliphatic heterocycles. The number of amides is 2. The van der Waals surface area contributed by atoms with Crippen LogP contribution in [0.4, 0.5) is 0 Å². The number of carbonyl (C=O) groups excluding carboxylic acids is 2. The third kappa shape index (κ3) is 5.33. The van der Waals surface area contributed by atoms with Crippen LogP contribution >= 0.6 is 0 Å². The van der Waals surface area contributed by atoms with Crippen molar-refractivity contribution in [3.63, 3.8) is 0 Å². The second-order valence-electron chi connectivity index (χ2n) is 6.71. The summed E-state index contributed by atoms with van der Waals surface area (Å²) in [7, 11) is 0. The molecule has 1 aliphatic carbocycles. The predicted molar refractivity (Wildman–Crippen MR) is 96.9 cm³/mol. The van der Waals surface area contributed by atoms with E-state index in [9.17, 15) is 9.59 Å². The average Bonchev–Trinajstić information content (AvgIpc) is 3.31. The van der Waals surface area contributed by atoms with Gasteiger partial charge in [0.1, 0.15) is 11.8 Å². The van der Waals surface area contributed by atoms with E-state index in [0.717, 1.165) is 44.5 Å². The molecule has 6 heteroatoms. The Labute approximate surface area is 150 Å². The van der Waals surface area contributed by atoms with E-state index in [0.29, 0.717) is 6.54 Å². The molecule has 140 valence electrons. The zero-order chi connectivity index (χ0) is 18.2. The molecule has 6 nitrogen and oxygen atoms in total. The summed E-state index contributed by atoms with van der Waals surface area (Å²) in [5, 5.41) is 5.81. The number of hydrogen-bond donors (Lipinski definition) is 2. The van der Waals surface area contributed by atoms with Crippen LogP contribution < -0.4 is 10.6 Å². The third-order valence-electron chi connectivity index (χ3n) is 5.07. The fourth-order valence-electron chi connectivity index (χ4n) is 3.49. The van der Waals surface area contributed by atoms with E-state index in [1.165, 1.54) is 0 Å². The summed E-state index contributed by atoms with van der Waals surface area (Å²) in [6.45, 7) is 8.11. The summed E-state index contributed by atoms with van der Waals surface area (Å²) in [5.41, 5.74) is 0. The maximum atomic E-state index is 12.4. The van der Waals surface area contributed by atoms with Gasteiger partial charge in [0.2, 0.25) is 11.8 Å². The number of carbonyl (C=O) groups is 2. The molecule has 2 amide bonds. The zero-order valence-corrected chi connectivity index (χ0v) is 15.6. The molecular weight excluding hydrogens is 318 g/mol. The van der Waals surface area contributed by atoms with E-state index in [4.69, 9.17) is 4.42 Å². The number of likely N-dealkylation sites (N-methyl/N-ethyl adjacent to an activating group) is 1. The molecule has 2 rings (SSSR count). The van der Waals surface area contributed by atoms with Gasteiger partial charge in [0.15, 0.2) is 0 Å². The molecule has 2 N–H and O–H groups in total. The van der Waals surface area contributed by atoms with Gasteiger partial charge in [-0.2, -0.15) is 0 Å². The molecule has 1 fully saturated rings. The van der Waals surface area contributed by atoms with Crippen molar-refractivity contribution >= 4 is 11.8 Å².